The quantitative estimate of drug-likeness (QED) is 0.653. The lowest BCUT2D eigenvalue weighted by molar-refractivity contribution is -0.125. The van der Waals surface area contributed by atoms with Crippen LogP contribution in [0.2, 0.25) is 0 Å². The first-order valence-electron chi connectivity index (χ1n) is 9.30. The van der Waals surface area contributed by atoms with Gasteiger partial charge in [0.05, 0.1) is 4.90 Å². The van der Waals surface area contributed by atoms with Crippen molar-refractivity contribution in [2.45, 2.75) is 17.9 Å². The van der Waals surface area contributed by atoms with E-state index in [1.165, 1.54) is 24.3 Å². The smallest absolute Gasteiger partial charge is 0.269 e. The average Bonchev–Trinajstić information content (AvgIpc) is 2.75. The summed E-state index contributed by atoms with van der Waals surface area (Å²) in [6.45, 7) is 2.02. The zero-order valence-electron chi connectivity index (χ0n) is 16.2. The zero-order valence-corrected chi connectivity index (χ0v) is 17.0. The van der Waals surface area contributed by atoms with Crippen LogP contribution in [0.3, 0.4) is 0 Å². The summed E-state index contributed by atoms with van der Waals surface area (Å²) < 4.78 is 38.9. The lowest BCUT2D eigenvalue weighted by Gasteiger charge is -2.25. The largest absolute Gasteiger partial charge is 0.485 e. The van der Waals surface area contributed by atoms with Gasteiger partial charge in [0.15, 0.2) is 11.5 Å². The molecule has 7 nitrogen and oxygen atoms in total. The first-order chi connectivity index (χ1) is 14.4. The molecule has 30 heavy (non-hydrogen) atoms. The number of nitrogens with one attached hydrogen (secondary N) is 2. The highest BCUT2D eigenvalue weighted by molar-refractivity contribution is 7.92. The van der Waals surface area contributed by atoms with Crippen LogP contribution in [-0.2, 0) is 14.8 Å². The van der Waals surface area contributed by atoms with Crippen LogP contribution in [0.25, 0.3) is 0 Å². The van der Waals surface area contributed by atoms with Gasteiger partial charge in [0, 0.05) is 11.4 Å². The molecule has 154 valence electrons. The number of para-hydroxylation sites is 2. The monoisotopic (exact) mass is 424 g/mol. The fourth-order valence-electron chi connectivity index (χ4n) is 2.92. The summed E-state index contributed by atoms with van der Waals surface area (Å²) in [6.07, 6.45) is -0.800. The van der Waals surface area contributed by atoms with Crippen molar-refractivity contribution in [2.75, 3.05) is 16.6 Å². The Hall–Kier alpha value is -3.52. The van der Waals surface area contributed by atoms with Gasteiger partial charge in [-0.05, 0) is 55.5 Å². The second-order valence-corrected chi connectivity index (χ2v) is 8.53. The molecule has 0 spiro atoms. The maximum atomic E-state index is 12.5. The number of anilines is 2. The van der Waals surface area contributed by atoms with Crippen LogP contribution in [0.5, 0.6) is 11.5 Å². The van der Waals surface area contributed by atoms with E-state index in [-0.39, 0.29) is 17.4 Å². The van der Waals surface area contributed by atoms with Crippen LogP contribution in [0.1, 0.15) is 5.56 Å². The first kappa shape index (κ1) is 19.8. The van der Waals surface area contributed by atoms with Crippen LogP contribution in [-0.4, -0.2) is 27.0 Å². The Kier molecular flexibility index (Phi) is 5.33. The van der Waals surface area contributed by atoms with Crippen LogP contribution < -0.4 is 19.5 Å². The number of carbonyl (C=O) groups excluding carboxylic acids is 1. The summed E-state index contributed by atoms with van der Waals surface area (Å²) in [5.41, 5.74) is 1.97. The molecular formula is C22H20N2O5S. The summed E-state index contributed by atoms with van der Waals surface area (Å²) in [4.78, 5) is 12.6. The highest BCUT2D eigenvalue weighted by Crippen LogP contribution is 2.31. The van der Waals surface area contributed by atoms with Gasteiger partial charge in [-0.3, -0.25) is 9.52 Å². The number of hydrogen-bond donors (Lipinski definition) is 2. The van der Waals surface area contributed by atoms with Crippen LogP contribution in [0.4, 0.5) is 11.4 Å². The van der Waals surface area contributed by atoms with Crippen molar-refractivity contribution in [3.05, 3.63) is 78.4 Å². The van der Waals surface area contributed by atoms with Crippen molar-refractivity contribution < 1.29 is 22.7 Å². The number of fused-ring (bicyclic) bond motifs is 1. The second kappa shape index (κ2) is 8.08. The second-order valence-electron chi connectivity index (χ2n) is 6.85. The molecule has 1 aliphatic heterocycles. The van der Waals surface area contributed by atoms with E-state index in [1.807, 2.05) is 25.1 Å². The third-order valence-electron chi connectivity index (χ3n) is 4.54. The van der Waals surface area contributed by atoms with Gasteiger partial charge in [-0.25, -0.2) is 8.42 Å². The van der Waals surface area contributed by atoms with E-state index in [0.717, 1.165) is 5.56 Å². The average molecular weight is 424 g/mol. The first-order valence-corrected chi connectivity index (χ1v) is 10.8. The summed E-state index contributed by atoms with van der Waals surface area (Å²) >= 11 is 0. The molecule has 0 unspecified atom stereocenters. The lowest BCUT2D eigenvalue weighted by Crippen LogP contribution is -2.40. The summed E-state index contributed by atoms with van der Waals surface area (Å²) in [5.74, 6) is 0.725. The Morgan fingerprint density at radius 3 is 2.23 bits per heavy atom. The number of amides is 1. The van der Waals surface area contributed by atoms with E-state index in [9.17, 15) is 13.2 Å². The molecule has 8 heteroatoms. The summed E-state index contributed by atoms with van der Waals surface area (Å²) in [5, 5.41) is 2.72. The van der Waals surface area contributed by atoms with E-state index in [4.69, 9.17) is 9.47 Å². The SMILES string of the molecule is Cc1ccc(NS(=O)(=O)c2ccc(NC(=O)[C@H]3COc4ccccc4O3)cc2)cc1. The minimum absolute atomic E-state index is 0.0900. The summed E-state index contributed by atoms with van der Waals surface area (Å²) in [6, 6.07) is 20.1. The molecule has 2 N–H and O–H groups in total. The molecule has 3 aromatic carbocycles. The number of ether oxygens (including phenoxy) is 2. The molecule has 1 heterocycles. The minimum atomic E-state index is -3.73. The lowest BCUT2D eigenvalue weighted by atomic mass is 10.2. The Bertz CT molecular complexity index is 1160. The fourth-order valence-corrected chi connectivity index (χ4v) is 3.98. The van der Waals surface area contributed by atoms with Crippen LogP contribution >= 0.6 is 0 Å². The molecule has 0 radical (unpaired) electrons. The topological polar surface area (TPSA) is 93.7 Å². The van der Waals surface area contributed by atoms with E-state index < -0.39 is 16.1 Å². The molecule has 1 amide bonds. The minimum Gasteiger partial charge on any atom is -0.485 e. The maximum absolute atomic E-state index is 12.5. The van der Waals surface area contributed by atoms with Gasteiger partial charge < -0.3 is 14.8 Å². The highest BCUT2D eigenvalue weighted by atomic mass is 32.2. The van der Waals surface area contributed by atoms with Crippen LogP contribution in [0, 0.1) is 6.92 Å². The molecular weight excluding hydrogens is 404 g/mol. The third-order valence-corrected chi connectivity index (χ3v) is 5.93. The van der Waals surface area contributed by atoms with Gasteiger partial charge >= 0.3 is 0 Å². The number of hydrogen-bond acceptors (Lipinski definition) is 5. The van der Waals surface area contributed by atoms with Gasteiger partial charge in [0.25, 0.3) is 15.9 Å². The molecule has 0 aliphatic carbocycles. The van der Waals surface area contributed by atoms with Crippen molar-refractivity contribution >= 4 is 27.3 Å². The van der Waals surface area contributed by atoms with E-state index in [2.05, 4.69) is 10.0 Å². The standard InChI is InChI=1S/C22H20N2O5S/c1-15-6-8-17(9-7-15)24-30(26,27)18-12-10-16(11-13-18)23-22(25)21-14-28-19-4-2-3-5-20(19)29-21/h2-13,21,24H,14H2,1H3,(H,23,25)/t21-/m1/s1. The number of aryl methyl sites for hydroxylation is 1. The molecule has 1 atom stereocenters. The molecule has 0 saturated carbocycles. The van der Waals surface area contributed by atoms with E-state index >= 15 is 0 Å². The van der Waals surface area contributed by atoms with Crippen molar-refractivity contribution in [1.29, 1.82) is 0 Å². The number of sulfonamides is 1. The van der Waals surface area contributed by atoms with Crippen LogP contribution in [0.15, 0.2) is 77.7 Å². The van der Waals surface area contributed by atoms with Gasteiger partial charge in [-0.1, -0.05) is 29.8 Å². The Balaban J connectivity index is 1.41. The van der Waals surface area contributed by atoms with Gasteiger partial charge in [0.2, 0.25) is 6.10 Å². The Labute approximate surface area is 174 Å². The van der Waals surface area contributed by atoms with Crippen molar-refractivity contribution in [2.24, 2.45) is 0 Å². The third kappa shape index (κ3) is 4.38. The Morgan fingerprint density at radius 1 is 0.900 bits per heavy atom. The van der Waals surface area contributed by atoms with E-state index in [0.29, 0.717) is 22.9 Å². The maximum Gasteiger partial charge on any atom is 0.269 e. The zero-order chi connectivity index (χ0) is 21.1. The number of carbonyl (C=O) groups is 1. The summed E-state index contributed by atoms with van der Waals surface area (Å²) in [7, 11) is -3.73. The van der Waals surface area contributed by atoms with Gasteiger partial charge in [-0.15, -0.1) is 0 Å². The van der Waals surface area contributed by atoms with Crippen molar-refractivity contribution in [3.8, 4) is 11.5 Å². The number of benzene rings is 3. The van der Waals surface area contributed by atoms with Crippen molar-refractivity contribution in [3.63, 3.8) is 0 Å². The van der Waals surface area contributed by atoms with Crippen molar-refractivity contribution in [1.82, 2.24) is 0 Å². The molecule has 0 saturated heterocycles. The molecule has 0 bridgehead atoms. The van der Waals surface area contributed by atoms with E-state index in [1.54, 1.807) is 30.3 Å². The fraction of sp³-hybridized carbons (Fsp3) is 0.136. The Morgan fingerprint density at radius 2 is 1.53 bits per heavy atom. The predicted molar refractivity (Wildman–Crippen MR) is 113 cm³/mol. The highest BCUT2D eigenvalue weighted by Gasteiger charge is 2.27. The number of rotatable bonds is 5. The molecule has 1 aliphatic rings. The molecule has 0 aromatic heterocycles. The molecule has 0 fully saturated rings. The van der Waals surface area contributed by atoms with Gasteiger partial charge in [-0.2, -0.15) is 0 Å². The van der Waals surface area contributed by atoms with Gasteiger partial charge in [0.1, 0.15) is 6.61 Å². The predicted octanol–water partition coefficient (Wildman–Crippen LogP) is 3.57. The molecule has 3 aromatic rings. The molecule has 4 rings (SSSR count). The normalized spacial score (nSPS) is 15.3.